The van der Waals surface area contributed by atoms with Gasteiger partial charge in [-0.3, -0.25) is 0 Å². The van der Waals surface area contributed by atoms with Crippen molar-refractivity contribution in [2.45, 2.75) is 5.92 Å². The van der Waals surface area contributed by atoms with E-state index in [1.807, 2.05) is 18.2 Å². The van der Waals surface area contributed by atoms with Crippen LogP contribution in [0, 0.1) is 11.6 Å². The number of amides is 2. The van der Waals surface area contributed by atoms with E-state index >= 15 is 0 Å². The number of anilines is 1. The number of hydrogen-bond acceptors (Lipinski definition) is 5. The Labute approximate surface area is 158 Å². The summed E-state index contributed by atoms with van der Waals surface area (Å²) in [7, 11) is 1.56. The van der Waals surface area contributed by atoms with Crippen LogP contribution in [0.4, 0.5) is 19.3 Å². The van der Waals surface area contributed by atoms with Crippen LogP contribution in [0.5, 0.6) is 5.75 Å². The Bertz CT molecular complexity index is 998. The molecule has 1 N–H and O–H groups in total. The van der Waals surface area contributed by atoms with Gasteiger partial charge in [0, 0.05) is 13.1 Å². The van der Waals surface area contributed by atoms with Gasteiger partial charge in [0.05, 0.1) is 18.6 Å². The molecule has 2 amide bonds. The summed E-state index contributed by atoms with van der Waals surface area (Å²) in [5.74, 6) is -0.401. The first kappa shape index (κ1) is 17.9. The smallest absolute Gasteiger partial charge is 0.322 e. The predicted molar refractivity (Wildman–Crippen MR) is 96.0 cm³/mol. The second-order valence-electron chi connectivity index (χ2n) is 6.29. The topological polar surface area (TPSA) is 80.5 Å². The zero-order valence-electron chi connectivity index (χ0n) is 14.9. The molecule has 9 heteroatoms. The van der Waals surface area contributed by atoms with Gasteiger partial charge < -0.3 is 19.5 Å². The molecule has 0 saturated carbocycles. The number of carbonyl (C=O) groups excluding carboxylic acids is 1. The third-order valence-corrected chi connectivity index (χ3v) is 4.50. The summed E-state index contributed by atoms with van der Waals surface area (Å²) >= 11 is 0. The fourth-order valence-electron chi connectivity index (χ4n) is 2.94. The number of hydrogen-bond donors (Lipinski definition) is 1. The van der Waals surface area contributed by atoms with Crippen molar-refractivity contribution < 1.29 is 22.8 Å². The van der Waals surface area contributed by atoms with Crippen molar-refractivity contribution in [1.29, 1.82) is 0 Å². The van der Waals surface area contributed by atoms with Crippen LogP contribution in [-0.4, -0.2) is 41.3 Å². The standard InChI is InChI=1S/C19H16F2N4O3/c1-27-15-8-3-2-5-12(15)17-23-18(28-24-17)11-9-25(10-11)19(26)22-16-13(20)6-4-7-14(16)21/h2-8,11H,9-10H2,1H3,(H,22,26). The average Bonchev–Trinajstić information content (AvgIpc) is 3.13. The molecule has 28 heavy (non-hydrogen) atoms. The van der Waals surface area contributed by atoms with E-state index in [-0.39, 0.29) is 5.92 Å². The van der Waals surface area contributed by atoms with Gasteiger partial charge in [0.15, 0.2) is 0 Å². The van der Waals surface area contributed by atoms with Crippen molar-refractivity contribution in [3.63, 3.8) is 0 Å². The van der Waals surface area contributed by atoms with E-state index in [1.54, 1.807) is 13.2 Å². The average molecular weight is 386 g/mol. The van der Waals surface area contributed by atoms with E-state index in [0.29, 0.717) is 36.1 Å². The molecule has 1 aliphatic heterocycles. The normalized spacial score (nSPS) is 13.9. The SMILES string of the molecule is COc1ccccc1-c1noc(C2CN(C(=O)Nc3c(F)cccc3F)C2)n1. The van der Waals surface area contributed by atoms with Gasteiger partial charge in [-0.25, -0.2) is 13.6 Å². The zero-order chi connectivity index (χ0) is 19.7. The molecule has 3 aromatic rings. The van der Waals surface area contributed by atoms with Gasteiger partial charge in [-0.2, -0.15) is 4.98 Å². The number of para-hydroxylation sites is 2. The molecule has 1 aromatic heterocycles. The van der Waals surface area contributed by atoms with E-state index in [9.17, 15) is 13.6 Å². The molecular weight excluding hydrogens is 370 g/mol. The van der Waals surface area contributed by atoms with Crippen molar-refractivity contribution in [2.24, 2.45) is 0 Å². The summed E-state index contributed by atoms with van der Waals surface area (Å²) in [5, 5.41) is 6.23. The highest BCUT2D eigenvalue weighted by Gasteiger charge is 2.36. The lowest BCUT2D eigenvalue weighted by Crippen LogP contribution is -2.50. The van der Waals surface area contributed by atoms with Crippen LogP contribution in [0.3, 0.4) is 0 Å². The molecule has 144 valence electrons. The maximum atomic E-state index is 13.6. The number of rotatable bonds is 4. The van der Waals surface area contributed by atoms with Gasteiger partial charge >= 0.3 is 6.03 Å². The molecule has 0 spiro atoms. The second kappa shape index (κ2) is 7.26. The molecule has 0 atom stereocenters. The number of benzene rings is 2. The van der Waals surface area contributed by atoms with Crippen LogP contribution in [-0.2, 0) is 0 Å². The first-order chi connectivity index (χ1) is 13.6. The second-order valence-corrected chi connectivity index (χ2v) is 6.29. The highest BCUT2D eigenvalue weighted by atomic mass is 19.1. The van der Waals surface area contributed by atoms with Crippen molar-refractivity contribution in [2.75, 3.05) is 25.5 Å². The van der Waals surface area contributed by atoms with Gasteiger partial charge in [-0.05, 0) is 24.3 Å². The third-order valence-electron chi connectivity index (χ3n) is 4.50. The Morgan fingerprint density at radius 3 is 2.61 bits per heavy atom. The molecule has 1 fully saturated rings. The fourth-order valence-corrected chi connectivity index (χ4v) is 2.94. The Morgan fingerprint density at radius 1 is 1.18 bits per heavy atom. The molecule has 2 aromatic carbocycles. The van der Waals surface area contributed by atoms with Crippen molar-refractivity contribution >= 4 is 11.7 Å². The lowest BCUT2D eigenvalue weighted by Gasteiger charge is -2.36. The Hall–Kier alpha value is -3.49. The van der Waals surface area contributed by atoms with Gasteiger partial charge in [0.2, 0.25) is 11.7 Å². The number of urea groups is 1. The van der Waals surface area contributed by atoms with Crippen LogP contribution in [0.2, 0.25) is 0 Å². The maximum Gasteiger partial charge on any atom is 0.322 e. The largest absolute Gasteiger partial charge is 0.496 e. The highest BCUT2D eigenvalue weighted by Crippen LogP contribution is 2.31. The number of halogens is 2. The number of likely N-dealkylation sites (tertiary alicyclic amines) is 1. The molecule has 0 radical (unpaired) electrons. The number of carbonyl (C=O) groups is 1. The summed E-state index contributed by atoms with van der Waals surface area (Å²) in [4.78, 5) is 18.0. The van der Waals surface area contributed by atoms with Crippen LogP contribution in [0.25, 0.3) is 11.4 Å². The summed E-state index contributed by atoms with van der Waals surface area (Å²) in [6.07, 6.45) is 0. The third kappa shape index (κ3) is 3.26. The molecular formula is C19H16F2N4O3. The molecule has 0 unspecified atom stereocenters. The minimum atomic E-state index is -0.830. The van der Waals surface area contributed by atoms with Crippen molar-refractivity contribution in [1.82, 2.24) is 15.0 Å². The van der Waals surface area contributed by atoms with Crippen LogP contribution >= 0.6 is 0 Å². The molecule has 0 bridgehead atoms. The Morgan fingerprint density at radius 2 is 1.89 bits per heavy atom. The van der Waals surface area contributed by atoms with E-state index < -0.39 is 23.4 Å². The number of methoxy groups -OCH3 is 1. The summed E-state index contributed by atoms with van der Waals surface area (Å²) in [5.41, 5.74) is 0.233. The van der Waals surface area contributed by atoms with E-state index in [4.69, 9.17) is 9.26 Å². The lowest BCUT2D eigenvalue weighted by atomic mass is 10.0. The van der Waals surface area contributed by atoms with Crippen LogP contribution in [0.1, 0.15) is 11.8 Å². The van der Waals surface area contributed by atoms with Crippen LogP contribution < -0.4 is 10.1 Å². The summed E-state index contributed by atoms with van der Waals surface area (Å²) < 4.78 is 37.9. The first-order valence-electron chi connectivity index (χ1n) is 8.53. The van der Waals surface area contributed by atoms with E-state index in [2.05, 4.69) is 15.5 Å². The highest BCUT2D eigenvalue weighted by molar-refractivity contribution is 5.90. The molecule has 1 saturated heterocycles. The molecule has 0 aliphatic carbocycles. The van der Waals surface area contributed by atoms with Gasteiger partial charge in [-0.15, -0.1) is 0 Å². The van der Waals surface area contributed by atoms with Gasteiger partial charge in [0.1, 0.15) is 23.1 Å². The Kier molecular flexibility index (Phi) is 4.64. The van der Waals surface area contributed by atoms with Crippen molar-refractivity contribution in [3.8, 4) is 17.1 Å². The van der Waals surface area contributed by atoms with Gasteiger partial charge in [-0.1, -0.05) is 23.4 Å². The minimum absolute atomic E-state index is 0.146. The lowest BCUT2D eigenvalue weighted by molar-refractivity contribution is 0.147. The number of aromatic nitrogens is 2. The fraction of sp³-hybridized carbons (Fsp3) is 0.211. The molecule has 4 rings (SSSR count). The van der Waals surface area contributed by atoms with E-state index in [0.717, 1.165) is 12.1 Å². The van der Waals surface area contributed by atoms with E-state index in [1.165, 1.54) is 11.0 Å². The molecule has 2 heterocycles. The molecule has 7 nitrogen and oxygen atoms in total. The summed E-state index contributed by atoms with van der Waals surface area (Å²) in [6.45, 7) is 0.602. The maximum absolute atomic E-state index is 13.6. The Balaban J connectivity index is 1.41. The summed E-state index contributed by atoms with van der Waals surface area (Å²) in [6, 6.07) is 10.1. The predicted octanol–water partition coefficient (Wildman–Crippen LogP) is 3.65. The monoisotopic (exact) mass is 386 g/mol. The van der Waals surface area contributed by atoms with Crippen LogP contribution in [0.15, 0.2) is 47.0 Å². The minimum Gasteiger partial charge on any atom is -0.496 e. The number of nitrogens with one attached hydrogen (secondary N) is 1. The quantitative estimate of drug-likeness (QED) is 0.740. The molecule has 1 aliphatic rings. The number of ether oxygens (including phenoxy) is 1. The van der Waals surface area contributed by atoms with Gasteiger partial charge in [0.25, 0.3) is 0 Å². The van der Waals surface area contributed by atoms with Crippen molar-refractivity contribution in [3.05, 3.63) is 60.0 Å². The zero-order valence-corrected chi connectivity index (χ0v) is 14.9. The number of nitrogens with zero attached hydrogens (tertiary/aromatic N) is 3. The first-order valence-corrected chi connectivity index (χ1v) is 8.53.